The number of benzene rings is 1. The smallest absolute Gasteiger partial charge is 0.228 e. The molecular formula is C22H29BrN4O2S. The van der Waals surface area contributed by atoms with Crippen LogP contribution in [0, 0.1) is 5.92 Å². The largest absolute Gasteiger partial charge is 0.376 e. The number of rotatable bonds is 7. The molecule has 8 heteroatoms. The number of ketones is 1. The zero-order chi connectivity index (χ0) is 21.1. The molecule has 1 aromatic carbocycles. The van der Waals surface area contributed by atoms with Crippen LogP contribution in [0.1, 0.15) is 49.9 Å². The molecule has 0 spiro atoms. The Balaban J connectivity index is 1.53. The molecule has 2 atom stereocenters. The van der Waals surface area contributed by atoms with Crippen LogP contribution in [0.5, 0.6) is 0 Å². The molecule has 3 heterocycles. The van der Waals surface area contributed by atoms with Gasteiger partial charge < -0.3 is 9.64 Å². The third kappa shape index (κ3) is 5.08. The first kappa shape index (κ1) is 21.8. The number of thioether (sulfide) groups is 1. The number of nitrogens with zero attached hydrogens (tertiary/aromatic N) is 4. The zero-order valence-corrected chi connectivity index (χ0v) is 20.0. The summed E-state index contributed by atoms with van der Waals surface area (Å²) in [5.41, 5.74) is 0.716. The van der Waals surface area contributed by atoms with Gasteiger partial charge in [0.15, 0.2) is 10.9 Å². The highest BCUT2D eigenvalue weighted by atomic mass is 79.9. The van der Waals surface area contributed by atoms with Crippen molar-refractivity contribution in [2.75, 3.05) is 24.6 Å². The lowest BCUT2D eigenvalue weighted by Gasteiger charge is -2.31. The normalized spacial score (nSPS) is 21.2. The quantitative estimate of drug-likeness (QED) is 0.407. The third-order valence-corrected chi connectivity index (χ3v) is 7.56. The summed E-state index contributed by atoms with van der Waals surface area (Å²) in [5, 5.41) is 9.61. The Kier molecular flexibility index (Phi) is 7.16. The van der Waals surface area contributed by atoms with E-state index < -0.39 is 0 Å². The maximum atomic E-state index is 12.9. The van der Waals surface area contributed by atoms with Crippen molar-refractivity contribution in [1.82, 2.24) is 14.8 Å². The van der Waals surface area contributed by atoms with Gasteiger partial charge >= 0.3 is 0 Å². The summed E-state index contributed by atoms with van der Waals surface area (Å²) in [4.78, 5) is 15.3. The van der Waals surface area contributed by atoms with Crippen LogP contribution in [0.15, 0.2) is 33.9 Å². The van der Waals surface area contributed by atoms with Crippen LogP contribution in [-0.4, -0.2) is 51.6 Å². The number of hydrogen-bond donors (Lipinski definition) is 0. The van der Waals surface area contributed by atoms with Crippen LogP contribution in [0.25, 0.3) is 0 Å². The van der Waals surface area contributed by atoms with E-state index in [4.69, 9.17) is 4.74 Å². The second-order valence-electron chi connectivity index (χ2n) is 8.33. The fourth-order valence-corrected chi connectivity index (χ4v) is 5.22. The van der Waals surface area contributed by atoms with Gasteiger partial charge in [0.2, 0.25) is 5.95 Å². The Bertz CT molecular complexity index is 859. The summed E-state index contributed by atoms with van der Waals surface area (Å²) >= 11 is 4.92. The number of Topliss-reactive ketones (excluding diaryl/α,β-unsaturated/α-hetero) is 1. The van der Waals surface area contributed by atoms with Crippen molar-refractivity contribution in [1.29, 1.82) is 0 Å². The first-order chi connectivity index (χ1) is 14.5. The van der Waals surface area contributed by atoms with E-state index in [0.717, 1.165) is 60.6 Å². The molecule has 0 unspecified atom stereocenters. The molecule has 0 radical (unpaired) electrons. The highest BCUT2D eigenvalue weighted by Crippen LogP contribution is 2.31. The van der Waals surface area contributed by atoms with Gasteiger partial charge in [-0.25, -0.2) is 0 Å². The van der Waals surface area contributed by atoms with Gasteiger partial charge in [0.25, 0.3) is 0 Å². The Morgan fingerprint density at radius 3 is 2.63 bits per heavy atom. The molecular weight excluding hydrogens is 464 g/mol. The molecule has 4 rings (SSSR count). The fourth-order valence-electron chi connectivity index (χ4n) is 4.02. The molecule has 1 aromatic heterocycles. The van der Waals surface area contributed by atoms with Gasteiger partial charge in [-0.1, -0.05) is 46.7 Å². The van der Waals surface area contributed by atoms with Gasteiger partial charge in [-0.15, -0.1) is 10.2 Å². The van der Waals surface area contributed by atoms with E-state index in [9.17, 15) is 4.79 Å². The summed E-state index contributed by atoms with van der Waals surface area (Å²) in [5.74, 6) is 1.78. The lowest BCUT2D eigenvalue weighted by Crippen LogP contribution is -2.35. The standard InChI is InChI=1S/C22H29BrN4O2S/c1-15-9-11-26(12-10-15)21-24-25-22(27(21)14-19-4-3-13-29-19)30-16(2)20(28)17-5-7-18(23)8-6-17/h5-8,15-16,19H,3-4,9-14H2,1-2H3/t16-,19-/m0/s1. The summed E-state index contributed by atoms with van der Waals surface area (Å²) in [7, 11) is 0. The number of aromatic nitrogens is 3. The molecule has 0 amide bonds. The fraction of sp³-hybridized carbons (Fsp3) is 0.591. The Hall–Kier alpha value is -1.38. The van der Waals surface area contributed by atoms with Crippen molar-refractivity contribution in [2.45, 2.75) is 62.6 Å². The Morgan fingerprint density at radius 2 is 1.97 bits per heavy atom. The number of carbonyl (C=O) groups is 1. The summed E-state index contributed by atoms with van der Waals surface area (Å²) in [6.45, 7) is 7.83. The van der Waals surface area contributed by atoms with Crippen molar-refractivity contribution in [2.24, 2.45) is 5.92 Å². The third-order valence-electron chi connectivity index (χ3n) is 5.95. The summed E-state index contributed by atoms with van der Waals surface area (Å²) in [6, 6.07) is 7.53. The molecule has 162 valence electrons. The van der Waals surface area contributed by atoms with Crippen LogP contribution in [0.3, 0.4) is 0 Å². The van der Waals surface area contributed by atoms with Gasteiger partial charge in [-0.2, -0.15) is 0 Å². The van der Waals surface area contributed by atoms with Gasteiger partial charge in [0.05, 0.1) is 17.9 Å². The number of halogens is 1. The van der Waals surface area contributed by atoms with E-state index in [0.29, 0.717) is 5.56 Å². The van der Waals surface area contributed by atoms with Gasteiger partial charge in [-0.05, 0) is 50.7 Å². The van der Waals surface area contributed by atoms with Crippen LogP contribution in [0.2, 0.25) is 0 Å². The summed E-state index contributed by atoms with van der Waals surface area (Å²) < 4.78 is 9.05. The van der Waals surface area contributed by atoms with Gasteiger partial charge in [-0.3, -0.25) is 9.36 Å². The van der Waals surface area contributed by atoms with E-state index in [1.54, 1.807) is 0 Å². The van der Waals surface area contributed by atoms with Crippen molar-refractivity contribution in [3.05, 3.63) is 34.3 Å². The molecule has 0 aliphatic carbocycles. The van der Waals surface area contributed by atoms with Crippen molar-refractivity contribution in [3.63, 3.8) is 0 Å². The molecule has 6 nitrogen and oxygen atoms in total. The van der Waals surface area contributed by atoms with E-state index in [2.05, 4.69) is 42.5 Å². The first-order valence-corrected chi connectivity index (χ1v) is 12.4. The lowest BCUT2D eigenvalue weighted by atomic mass is 10.00. The topological polar surface area (TPSA) is 60.2 Å². The van der Waals surface area contributed by atoms with Gasteiger partial charge in [0.1, 0.15) is 0 Å². The monoisotopic (exact) mass is 492 g/mol. The Labute approximate surface area is 190 Å². The molecule has 0 N–H and O–H groups in total. The minimum absolute atomic E-state index is 0.104. The van der Waals surface area contributed by atoms with Crippen LogP contribution < -0.4 is 4.90 Å². The maximum Gasteiger partial charge on any atom is 0.228 e. The van der Waals surface area contributed by atoms with E-state index in [-0.39, 0.29) is 17.1 Å². The maximum absolute atomic E-state index is 12.9. The van der Waals surface area contributed by atoms with Crippen molar-refractivity contribution < 1.29 is 9.53 Å². The van der Waals surface area contributed by atoms with E-state index in [1.165, 1.54) is 24.6 Å². The summed E-state index contributed by atoms with van der Waals surface area (Å²) in [6.07, 6.45) is 4.71. The van der Waals surface area contributed by atoms with Crippen LogP contribution in [0.4, 0.5) is 5.95 Å². The molecule has 2 aliphatic heterocycles. The molecule has 0 saturated carbocycles. The predicted molar refractivity (Wildman–Crippen MR) is 123 cm³/mol. The van der Waals surface area contributed by atoms with Crippen LogP contribution >= 0.6 is 27.7 Å². The first-order valence-electron chi connectivity index (χ1n) is 10.8. The second kappa shape index (κ2) is 9.83. The average molecular weight is 493 g/mol. The molecule has 2 aliphatic rings. The average Bonchev–Trinajstić information content (AvgIpc) is 3.40. The van der Waals surface area contributed by atoms with E-state index in [1.807, 2.05) is 31.2 Å². The molecule has 2 aromatic rings. The number of ether oxygens (including phenoxy) is 1. The number of piperidine rings is 1. The predicted octanol–water partition coefficient (Wildman–Crippen LogP) is 4.82. The second-order valence-corrected chi connectivity index (χ2v) is 10.6. The molecule has 30 heavy (non-hydrogen) atoms. The number of carbonyl (C=O) groups excluding carboxylic acids is 1. The number of hydrogen-bond acceptors (Lipinski definition) is 6. The molecule has 2 saturated heterocycles. The minimum atomic E-state index is -0.243. The van der Waals surface area contributed by atoms with Crippen molar-refractivity contribution >= 4 is 39.4 Å². The number of anilines is 1. The van der Waals surface area contributed by atoms with Crippen molar-refractivity contribution in [3.8, 4) is 0 Å². The minimum Gasteiger partial charge on any atom is -0.376 e. The molecule has 2 fully saturated rings. The highest BCUT2D eigenvalue weighted by Gasteiger charge is 2.28. The SMILES string of the molecule is CC1CCN(c2nnc(S[C@@H](C)C(=O)c3ccc(Br)cc3)n2C[C@@H]2CCCO2)CC1. The molecule has 0 bridgehead atoms. The zero-order valence-electron chi connectivity index (χ0n) is 17.6. The van der Waals surface area contributed by atoms with E-state index >= 15 is 0 Å². The Morgan fingerprint density at radius 1 is 1.23 bits per heavy atom. The highest BCUT2D eigenvalue weighted by molar-refractivity contribution is 9.10. The lowest BCUT2D eigenvalue weighted by molar-refractivity contribution is 0.0951. The van der Waals surface area contributed by atoms with Gasteiger partial charge in [0, 0.05) is 29.7 Å². The van der Waals surface area contributed by atoms with Crippen LogP contribution in [-0.2, 0) is 11.3 Å².